The minimum Gasteiger partial charge on any atom is -0.481 e. The predicted octanol–water partition coefficient (Wildman–Crippen LogP) is 5.15. The Kier molecular flexibility index (Phi) is 5.46. The Morgan fingerprint density at radius 1 is 1.26 bits per heavy atom. The van der Waals surface area contributed by atoms with E-state index in [9.17, 15) is 18.7 Å². The molecule has 0 radical (unpaired) electrons. The minimum atomic E-state index is -2.57. The third kappa shape index (κ3) is 4.01. The van der Waals surface area contributed by atoms with Crippen molar-refractivity contribution in [1.29, 1.82) is 0 Å². The highest BCUT2D eigenvalue weighted by Crippen LogP contribution is 2.42. The maximum atomic E-state index is 13.6. The molecule has 6 nitrogen and oxygen atoms in total. The number of piperidine rings is 1. The van der Waals surface area contributed by atoms with Crippen LogP contribution in [-0.4, -0.2) is 44.7 Å². The van der Waals surface area contributed by atoms with E-state index in [1.165, 1.54) is 0 Å². The van der Waals surface area contributed by atoms with Crippen molar-refractivity contribution in [3.8, 4) is 0 Å². The number of carbonyl (C=O) groups is 1. The van der Waals surface area contributed by atoms with Gasteiger partial charge in [0.1, 0.15) is 5.82 Å². The zero-order valence-corrected chi connectivity index (χ0v) is 18.8. The van der Waals surface area contributed by atoms with Gasteiger partial charge in [-0.3, -0.25) is 4.79 Å². The lowest BCUT2D eigenvalue weighted by Gasteiger charge is -2.40. The Bertz CT molecular complexity index is 993. The van der Waals surface area contributed by atoms with Crippen molar-refractivity contribution in [2.75, 3.05) is 18.0 Å². The quantitative estimate of drug-likeness (QED) is 0.721. The van der Waals surface area contributed by atoms with Gasteiger partial charge in [0.15, 0.2) is 5.65 Å². The fraction of sp³-hybridized carbons (Fsp3) is 0.696. The summed E-state index contributed by atoms with van der Waals surface area (Å²) in [5.74, 6) is -2.27. The number of aromatic nitrogens is 3. The molecule has 170 valence electrons. The van der Waals surface area contributed by atoms with Gasteiger partial charge in [0.25, 0.3) is 0 Å². The van der Waals surface area contributed by atoms with Crippen LogP contribution < -0.4 is 4.90 Å². The van der Waals surface area contributed by atoms with Crippen LogP contribution in [0.5, 0.6) is 0 Å². The Morgan fingerprint density at radius 3 is 2.55 bits per heavy atom. The Hall–Kier alpha value is -2.25. The van der Waals surface area contributed by atoms with Crippen molar-refractivity contribution in [3.63, 3.8) is 0 Å². The highest BCUT2D eigenvalue weighted by Gasteiger charge is 2.40. The number of aryl methyl sites for hydroxylation is 1. The van der Waals surface area contributed by atoms with Gasteiger partial charge >= 0.3 is 5.97 Å². The van der Waals surface area contributed by atoms with E-state index >= 15 is 0 Å². The molecule has 1 aliphatic heterocycles. The smallest absolute Gasteiger partial charge is 0.311 e. The van der Waals surface area contributed by atoms with E-state index in [0.29, 0.717) is 31.5 Å². The molecule has 0 spiro atoms. The largest absolute Gasteiger partial charge is 0.481 e. The number of nitrogens with zero attached hydrogens (tertiary/aromatic N) is 4. The van der Waals surface area contributed by atoms with Gasteiger partial charge in [-0.2, -0.15) is 9.61 Å². The highest BCUT2D eigenvalue weighted by atomic mass is 19.3. The third-order valence-corrected chi connectivity index (χ3v) is 7.05. The highest BCUT2D eigenvalue weighted by molar-refractivity contribution is 5.75. The first-order valence-corrected chi connectivity index (χ1v) is 11.3. The Labute approximate surface area is 181 Å². The minimum absolute atomic E-state index is 0.00243. The van der Waals surface area contributed by atoms with Crippen LogP contribution in [0.2, 0.25) is 0 Å². The number of hydrogen-bond donors (Lipinski definition) is 1. The molecule has 0 unspecified atom stereocenters. The lowest BCUT2D eigenvalue weighted by atomic mass is 9.81. The first kappa shape index (κ1) is 22.0. The fourth-order valence-corrected chi connectivity index (χ4v) is 5.24. The maximum Gasteiger partial charge on any atom is 0.311 e. The van der Waals surface area contributed by atoms with Gasteiger partial charge in [0.05, 0.1) is 11.1 Å². The van der Waals surface area contributed by atoms with Crippen LogP contribution >= 0.6 is 0 Å². The number of carboxylic acids is 1. The van der Waals surface area contributed by atoms with Gasteiger partial charge in [0, 0.05) is 49.2 Å². The predicted molar refractivity (Wildman–Crippen MR) is 115 cm³/mol. The van der Waals surface area contributed by atoms with Crippen molar-refractivity contribution >= 4 is 17.4 Å². The van der Waals surface area contributed by atoms with Gasteiger partial charge in [-0.15, -0.1) is 0 Å². The van der Waals surface area contributed by atoms with Crippen LogP contribution in [0, 0.1) is 12.3 Å². The van der Waals surface area contributed by atoms with E-state index in [-0.39, 0.29) is 24.7 Å². The summed E-state index contributed by atoms with van der Waals surface area (Å²) in [5, 5.41) is 14.7. The summed E-state index contributed by atoms with van der Waals surface area (Å²) in [6.07, 6.45) is 2.06. The van der Waals surface area contributed by atoms with Gasteiger partial charge in [-0.25, -0.2) is 13.8 Å². The third-order valence-electron chi connectivity index (χ3n) is 7.05. The first-order chi connectivity index (χ1) is 14.5. The average Bonchev–Trinajstić information content (AvgIpc) is 3.09. The summed E-state index contributed by atoms with van der Waals surface area (Å²) < 4.78 is 29.1. The SMILES string of the molecule is Cc1nc2cc(C3CCC(F)(F)CC3)nn2c(N2CCC[C@](C)(C(=O)O)C2)c1C(C)C. The molecular formula is C23H32F2N4O2. The van der Waals surface area contributed by atoms with Crippen LogP contribution in [0.15, 0.2) is 6.07 Å². The van der Waals surface area contributed by atoms with E-state index in [0.717, 1.165) is 35.7 Å². The fourth-order valence-electron chi connectivity index (χ4n) is 5.24. The molecule has 1 saturated heterocycles. The van der Waals surface area contributed by atoms with Gasteiger partial charge in [0.2, 0.25) is 5.92 Å². The molecule has 1 aliphatic carbocycles. The topological polar surface area (TPSA) is 70.7 Å². The van der Waals surface area contributed by atoms with Gasteiger partial charge in [-0.1, -0.05) is 13.8 Å². The van der Waals surface area contributed by atoms with E-state index < -0.39 is 17.3 Å². The molecule has 1 atom stereocenters. The normalized spacial score (nSPS) is 24.8. The summed E-state index contributed by atoms with van der Waals surface area (Å²) in [5.41, 5.74) is 2.66. The second-order valence-electron chi connectivity index (χ2n) is 9.95. The number of anilines is 1. The summed E-state index contributed by atoms with van der Waals surface area (Å²) in [7, 11) is 0. The van der Waals surface area contributed by atoms with Crippen molar-refractivity contribution in [1.82, 2.24) is 14.6 Å². The van der Waals surface area contributed by atoms with E-state index in [1.54, 1.807) is 6.92 Å². The van der Waals surface area contributed by atoms with Crippen LogP contribution in [0.4, 0.5) is 14.6 Å². The van der Waals surface area contributed by atoms with Crippen LogP contribution in [0.3, 0.4) is 0 Å². The molecule has 1 saturated carbocycles. The van der Waals surface area contributed by atoms with Gasteiger partial charge < -0.3 is 10.0 Å². The van der Waals surface area contributed by atoms with E-state index in [2.05, 4.69) is 18.7 Å². The average molecular weight is 435 g/mol. The van der Waals surface area contributed by atoms with E-state index in [4.69, 9.17) is 10.1 Å². The number of fused-ring (bicyclic) bond motifs is 1. The van der Waals surface area contributed by atoms with Crippen molar-refractivity contribution in [3.05, 3.63) is 23.0 Å². The van der Waals surface area contributed by atoms with Crippen LogP contribution in [0.25, 0.3) is 5.65 Å². The second kappa shape index (κ2) is 7.71. The number of alkyl halides is 2. The second-order valence-corrected chi connectivity index (χ2v) is 9.95. The molecule has 31 heavy (non-hydrogen) atoms. The molecule has 4 rings (SSSR count). The molecule has 2 aromatic rings. The number of carboxylic acid groups (broad SMARTS) is 1. The summed E-state index contributed by atoms with van der Waals surface area (Å²) in [6, 6.07) is 1.93. The molecule has 2 aromatic heterocycles. The number of aliphatic carboxylic acids is 1. The van der Waals surface area contributed by atoms with Crippen molar-refractivity contribution < 1.29 is 18.7 Å². The van der Waals surface area contributed by atoms with Crippen molar-refractivity contribution in [2.24, 2.45) is 5.41 Å². The first-order valence-electron chi connectivity index (χ1n) is 11.3. The Balaban J connectivity index is 1.80. The molecule has 2 fully saturated rings. The molecule has 2 aliphatic rings. The van der Waals surface area contributed by atoms with Gasteiger partial charge in [-0.05, 0) is 45.4 Å². The monoisotopic (exact) mass is 434 g/mol. The van der Waals surface area contributed by atoms with Crippen molar-refractivity contribution in [2.45, 2.75) is 84.0 Å². The number of rotatable bonds is 4. The summed E-state index contributed by atoms with van der Waals surface area (Å²) in [4.78, 5) is 18.9. The zero-order valence-electron chi connectivity index (χ0n) is 18.8. The lowest BCUT2D eigenvalue weighted by Crippen LogP contribution is -2.47. The Morgan fingerprint density at radius 2 is 1.94 bits per heavy atom. The molecule has 3 heterocycles. The maximum absolute atomic E-state index is 13.6. The molecule has 1 N–H and O–H groups in total. The molecule has 8 heteroatoms. The molecular weight excluding hydrogens is 402 g/mol. The van der Waals surface area contributed by atoms with E-state index in [1.807, 2.05) is 17.5 Å². The standard InChI is InChI=1S/C23H32F2N4O2/c1-14(2)19-15(3)26-18-12-17(16-6-9-23(24,25)10-7-16)27-29(18)20(19)28-11-5-8-22(4,13-28)21(30)31/h12,14,16H,5-11,13H2,1-4H3,(H,30,31)/t22-/m0/s1. The molecule has 0 aromatic carbocycles. The molecule has 0 amide bonds. The number of halogens is 2. The molecule has 0 bridgehead atoms. The number of hydrogen-bond acceptors (Lipinski definition) is 4. The van der Waals surface area contributed by atoms with Crippen LogP contribution in [-0.2, 0) is 4.79 Å². The zero-order chi connectivity index (χ0) is 22.6. The van der Waals surface area contributed by atoms with Crippen LogP contribution in [0.1, 0.15) is 88.1 Å². The lowest BCUT2D eigenvalue weighted by molar-refractivity contribution is -0.148. The summed E-state index contributed by atoms with van der Waals surface area (Å²) in [6.45, 7) is 9.16. The summed E-state index contributed by atoms with van der Waals surface area (Å²) >= 11 is 0.